The minimum absolute atomic E-state index is 0.0546. The van der Waals surface area contributed by atoms with Crippen molar-refractivity contribution in [3.8, 4) is 0 Å². The van der Waals surface area contributed by atoms with Crippen molar-refractivity contribution in [2.75, 3.05) is 18.9 Å². The maximum atomic E-state index is 11.5. The molecule has 0 bridgehead atoms. The third-order valence-electron chi connectivity index (χ3n) is 2.81. The molecular formula is C15H21NO3S. The van der Waals surface area contributed by atoms with E-state index in [0.29, 0.717) is 18.8 Å². The number of amides is 1. The Kier molecular flexibility index (Phi) is 7.15. The maximum Gasteiger partial charge on any atom is 0.325 e. The quantitative estimate of drug-likeness (QED) is 0.620. The molecule has 0 unspecified atom stereocenters. The minimum Gasteiger partial charge on any atom is -0.465 e. The third-order valence-corrected chi connectivity index (χ3v) is 3.81. The molecule has 1 amide bonds. The normalized spacial score (nSPS) is 10.2. The fourth-order valence-electron chi connectivity index (χ4n) is 1.54. The van der Waals surface area contributed by atoms with Crippen LogP contribution in [-0.4, -0.2) is 30.8 Å². The summed E-state index contributed by atoms with van der Waals surface area (Å²) in [7, 11) is 0. The Morgan fingerprint density at radius 1 is 1.25 bits per heavy atom. The van der Waals surface area contributed by atoms with E-state index in [1.54, 1.807) is 18.7 Å². The van der Waals surface area contributed by atoms with Crippen LogP contribution in [0.25, 0.3) is 0 Å². The van der Waals surface area contributed by atoms with Crippen LogP contribution in [-0.2, 0) is 14.3 Å². The number of hydrogen-bond acceptors (Lipinski definition) is 4. The molecule has 1 aromatic carbocycles. The summed E-state index contributed by atoms with van der Waals surface area (Å²) < 4.78 is 4.73. The molecule has 110 valence electrons. The van der Waals surface area contributed by atoms with Gasteiger partial charge in [-0.2, -0.15) is 0 Å². The van der Waals surface area contributed by atoms with Gasteiger partial charge in [-0.3, -0.25) is 9.59 Å². The van der Waals surface area contributed by atoms with Gasteiger partial charge in [-0.25, -0.2) is 0 Å². The standard InChI is InChI=1S/C15H21NO3S/c1-4-19-15(18)10-16-14(17)7-8-20-13-6-5-11(2)12(3)9-13/h5-6,9H,4,7-8,10H2,1-3H3,(H,16,17). The van der Waals surface area contributed by atoms with Gasteiger partial charge in [-0.1, -0.05) is 6.07 Å². The second-order valence-electron chi connectivity index (χ2n) is 4.43. The molecule has 0 atom stereocenters. The SMILES string of the molecule is CCOC(=O)CNC(=O)CCSc1ccc(C)c(C)c1. The number of thioether (sulfide) groups is 1. The van der Waals surface area contributed by atoms with Gasteiger partial charge in [0.1, 0.15) is 6.54 Å². The molecule has 20 heavy (non-hydrogen) atoms. The monoisotopic (exact) mass is 295 g/mol. The highest BCUT2D eigenvalue weighted by Crippen LogP contribution is 2.21. The van der Waals surface area contributed by atoms with E-state index in [4.69, 9.17) is 4.74 Å². The van der Waals surface area contributed by atoms with Crippen LogP contribution in [0.1, 0.15) is 24.5 Å². The van der Waals surface area contributed by atoms with Gasteiger partial charge < -0.3 is 10.1 Å². The number of rotatable bonds is 7. The van der Waals surface area contributed by atoms with Crippen molar-refractivity contribution in [3.63, 3.8) is 0 Å². The zero-order valence-corrected chi connectivity index (χ0v) is 13.0. The Hall–Kier alpha value is -1.49. The number of carbonyl (C=O) groups excluding carboxylic acids is 2. The first-order chi connectivity index (χ1) is 9.52. The maximum absolute atomic E-state index is 11.5. The molecule has 0 saturated heterocycles. The number of aryl methyl sites for hydroxylation is 2. The lowest BCUT2D eigenvalue weighted by atomic mass is 10.1. The van der Waals surface area contributed by atoms with Crippen molar-refractivity contribution in [2.45, 2.75) is 32.1 Å². The average molecular weight is 295 g/mol. The van der Waals surface area contributed by atoms with Crippen LogP contribution in [0.15, 0.2) is 23.1 Å². The van der Waals surface area contributed by atoms with Gasteiger partial charge in [0.15, 0.2) is 0 Å². The number of benzene rings is 1. The summed E-state index contributed by atoms with van der Waals surface area (Å²) in [6.45, 7) is 6.16. The summed E-state index contributed by atoms with van der Waals surface area (Å²) in [6.07, 6.45) is 0.386. The molecule has 1 rings (SSSR count). The molecule has 0 aromatic heterocycles. The molecule has 1 N–H and O–H groups in total. The van der Waals surface area contributed by atoms with E-state index in [9.17, 15) is 9.59 Å². The molecule has 0 heterocycles. The average Bonchev–Trinajstić information content (AvgIpc) is 2.41. The lowest BCUT2D eigenvalue weighted by Crippen LogP contribution is -2.30. The molecule has 5 heteroatoms. The second kappa shape index (κ2) is 8.64. The number of ether oxygens (including phenoxy) is 1. The van der Waals surface area contributed by atoms with Crippen LogP contribution in [0.4, 0.5) is 0 Å². The fraction of sp³-hybridized carbons (Fsp3) is 0.467. The Morgan fingerprint density at radius 2 is 2.00 bits per heavy atom. The van der Waals surface area contributed by atoms with E-state index in [1.807, 2.05) is 0 Å². The predicted molar refractivity (Wildman–Crippen MR) is 80.9 cm³/mol. The number of nitrogens with one attached hydrogen (secondary N) is 1. The minimum atomic E-state index is -0.400. The molecular weight excluding hydrogens is 274 g/mol. The zero-order valence-electron chi connectivity index (χ0n) is 12.2. The molecule has 1 aromatic rings. The first-order valence-corrected chi connectivity index (χ1v) is 7.64. The van der Waals surface area contributed by atoms with E-state index < -0.39 is 5.97 Å². The second-order valence-corrected chi connectivity index (χ2v) is 5.59. The van der Waals surface area contributed by atoms with Crippen molar-refractivity contribution in [1.82, 2.24) is 5.32 Å². The molecule has 0 spiro atoms. The van der Waals surface area contributed by atoms with E-state index >= 15 is 0 Å². The van der Waals surface area contributed by atoms with Gasteiger partial charge in [-0.15, -0.1) is 11.8 Å². The molecule has 0 saturated carbocycles. The highest BCUT2D eigenvalue weighted by molar-refractivity contribution is 7.99. The summed E-state index contributed by atoms with van der Waals surface area (Å²) in [5, 5.41) is 2.55. The van der Waals surface area contributed by atoms with Gasteiger partial charge in [-0.05, 0) is 44.0 Å². The zero-order chi connectivity index (χ0) is 15.0. The van der Waals surface area contributed by atoms with E-state index in [-0.39, 0.29) is 12.5 Å². The number of esters is 1. The van der Waals surface area contributed by atoms with E-state index in [2.05, 4.69) is 37.4 Å². The van der Waals surface area contributed by atoms with Crippen LogP contribution < -0.4 is 5.32 Å². The van der Waals surface area contributed by atoms with Gasteiger partial charge in [0, 0.05) is 17.1 Å². The molecule has 0 fully saturated rings. The lowest BCUT2D eigenvalue weighted by molar-refractivity contribution is -0.143. The number of carbonyl (C=O) groups is 2. The molecule has 4 nitrogen and oxygen atoms in total. The van der Waals surface area contributed by atoms with Gasteiger partial charge in [0.25, 0.3) is 0 Å². The summed E-state index contributed by atoms with van der Waals surface area (Å²) in [4.78, 5) is 23.8. The van der Waals surface area contributed by atoms with E-state index in [0.717, 1.165) is 4.90 Å². The summed E-state index contributed by atoms with van der Waals surface area (Å²) in [6, 6.07) is 6.26. The first kappa shape index (κ1) is 16.6. The fourth-order valence-corrected chi connectivity index (χ4v) is 2.48. The third kappa shape index (κ3) is 6.10. The molecule has 0 radical (unpaired) electrons. The Balaban J connectivity index is 2.24. The highest BCUT2D eigenvalue weighted by atomic mass is 32.2. The molecule has 0 aliphatic carbocycles. The Labute approximate surface area is 124 Å². The summed E-state index contributed by atoms with van der Waals surface area (Å²) in [5.74, 6) is 0.161. The largest absolute Gasteiger partial charge is 0.465 e. The van der Waals surface area contributed by atoms with Crippen LogP contribution in [0, 0.1) is 13.8 Å². The van der Waals surface area contributed by atoms with Gasteiger partial charge >= 0.3 is 5.97 Å². The first-order valence-electron chi connectivity index (χ1n) is 6.65. The van der Waals surface area contributed by atoms with Gasteiger partial charge in [0.2, 0.25) is 5.91 Å². The van der Waals surface area contributed by atoms with Crippen molar-refractivity contribution in [2.24, 2.45) is 0 Å². The topological polar surface area (TPSA) is 55.4 Å². The van der Waals surface area contributed by atoms with Crippen LogP contribution >= 0.6 is 11.8 Å². The van der Waals surface area contributed by atoms with Crippen molar-refractivity contribution < 1.29 is 14.3 Å². The number of hydrogen-bond donors (Lipinski definition) is 1. The smallest absolute Gasteiger partial charge is 0.325 e. The summed E-state index contributed by atoms with van der Waals surface area (Å²) >= 11 is 1.64. The molecule has 0 aliphatic heterocycles. The van der Waals surface area contributed by atoms with Crippen LogP contribution in [0.3, 0.4) is 0 Å². The molecule has 0 aliphatic rings. The lowest BCUT2D eigenvalue weighted by Gasteiger charge is -2.06. The van der Waals surface area contributed by atoms with Crippen molar-refractivity contribution >= 4 is 23.6 Å². The van der Waals surface area contributed by atoms with Gasteiger partial charge in [0.05, 0.1) is 6.61 Å². The van der Waals surface area contributed by atoms with Crippen molar-refractivity contribution in [3.05, 3.63) is 29.3 Å². The summed E-state index contributed by atoms with van der Waals surface area (Å²) in [5.41, 5.74) is 2.52. The van der Waals surface area contributed by atoms with Crippen LogP contribution in [0.5, 0.6) is 0 Å². The van der Waals surface area contributed by atoms with Crippen molar-refractivity contribution in [1.29, 1.82) is 0 Å². The Bertz CT molecular complexity index is 474. The van der Waals surface area contributed by atoms with E-state index in [1.165, 1.54) is 11.1 Å². The predicted octanol–water partition coefficient (Wildman–Crippen LogP) is 2.46. The Morgan fingerprint density at radius 3 is 2.65 bits per heavy atom. The van der Waals surface area contributed by atoms with Crippen LogP contribution in [0.2, 0.25) is 0 Å². The highest BCUT2D eigenvalue weighted by Gasteiger charge is 2.06.